The Morgan fingerprint density at radius 3 is 2.25 bits per heavy atom. The summed E-state index contributed by atoms with van der Waals surface area (Å²) < 4.78 is 5.49. The third kappa shape index (κ3) is 2.28. The Hall–Kier alpha value is -0.0800. The summed E-state index contributed by atoms with van der Waals surface area (Å²) in [4.78, 5) is 0. The number of ether oxygens (including phenoxy) is 1. The van der Waals surface area contributed by atoms with Gasteiger partial charge in [-0.05, 0) is 43.4 Å². The van der Waals surface area contributed by atoms with E-state index < -0.39 is 0 Å². The molecule has 2 rings (SSSR count). The molecular formula is C14H27NO. The predicted octanol–water partition coefficient (Wildman–Crippen LogP) is 2.97. The van der Waals surface area contributed by atoms with E-state index in [1.165, 1.54) is 25.7 Å². The number of hydrogen-bond acceptors (Lipinski definition) is 2. The van der Waals surface area contributed by atoms with Crippen LogP contribution in [0.3, 0.4) is 0 Å². The van der Waals surface area contributed by atoms with Crippen LogP contribution in [0.15, 0.2) is 0 Å². The Morgan fingerprint density at radius 2 is 1.81 bits per heavy atom. The highest BCUT2D eigenvalue weighted by atomic mass is 16.5. The van der Waals surface area contributed by atoms with E-state index in [9.17, 15) is 0 Å². The monoisotopic (exact) mass is 225 g/mol. The molecule has 0 aromatic heterocycles. The molecule has 1 saturated carbocycles. The second kappa shape index (κ2) is 4.30. The van der Waals surface area contributed by atoms with E-state index in [0.717, 1.165) is 19.3 Å². The van der Waals surface area contributed by atoms with Crippen molar-refractivity contribution in [3.8, 4) is 0 Å². The van der Waals surface area contributed by atoms with Gasteiger partial charge in [-0.3, -0.25) is 0 Å². The first-order valence-electron chi connectivity index (χ1n) is 6.78. The van der Waals surface area contributed by atoms with E-state index >= 15 is 0 Å². The van der Waals surface area contributed by atoms with Crippen LogP contribution in [-0.4, -0.2) is 25.3 Å². The highest BCUT2D eigenvalue weighted by Gasteiger charge is 2.47. The highest BCUT2D eigenvalue weighted by Crippen LogP contribution is 2.49. The topological polar surface area (TPSA) is 21.3 Å². The van der Waals surface area contributed by atoms with Crippen LogP contribution in [0.2, 0.25) is 0 Å². The van der Waals surface area contributed by atoms with Gasteiger partial charge in [-0.15, -0.1) is 0 Å². The van der Waals surface area contributed by atoms with Crippen LogP contribution >= 0.6 is 0 Å². The van der Waals surface area contributed by atoms with Gasteiger partial charge in [0.1, 0.15) is 0 Å². The molecule has 0 aromatic carbocycles. The molecular weight excluding hydrogens is 198 g/mol. The quantitative estimate of drug-likeness (QED) is 0.780. The van der Waals surface area contributed by atoms with Gasteiger partial charge in [0.15, 0.2) is 0 Å². The lowest BCUT2D eigenvalue weighted by molar-refractivity contribution is -0.0605. The maximum absolute atomic E-state index is 5.49. The van der Waals surface area contributed by atoms with Gasteiger partial charge >= 0.3 is 0 Å². The van der Waals surface area contributed by atoms with Crippen molar-refractivity contribution in [2.24, 2.45) is 10.8 Å². The average molecular weight is 225 g/mol. The summed E-state index contributed by atoms with van der Waals surface area (Å²) in [6.45, 7) is 11.2. The molecule has 2 unspecified atom stereocenters. The van der Waals surface area contributed by atoms with Crippen LogP contribution in [0.1, 0.15) is 53.4 Å². The minimum Gasteiger partial charge on any atom is -0.381 e. The van der Waals surface area contributed by atoms with E-state index in [4.69, 9.17) is 4.74 Å². The lowest BCUT2D eigenvalue weighted by Crippen LogP contribution is -2.59. The van der Waals surface area contributed by atoms with E-state index in [2.05, 4.69) is 33.0 Å². The number of hydrogen-bond donors (Lipinski definition) is 1. The normalized spacial score (nSPS) is 31.1. The Morgan fingerprint density at radius 1 is 1.19 bits per heavy atom. The number of nitrogens with one attached hydrogen (secondary N) is 1. The van der Waals surface area contributed by atoms with Crippen molar-refractivity contribution in [2.75, 3.05) is 13.2 Å². The van der Waals surface area contributed by atoms with Crippen LogP contribution in [0.25, 0.3) is 0 Å². The molecule has 94 valence electrons. The molecule has 1 heterocycles. The van der Waals surface area contributed by atoms with Gasteiger partial charge in [0.05, 0.1) is 0 Å². The van der Waals surface area contributed by atoms with Gasteiger partial charge in [0.25, 0.3) is 0 Å². The Balaban J connectivity index is 1.91. The first kappa shape index (κ1) is 12.4. The zero-order valence-corrected chi connectivity index (χ0v) is 11.3. The summed E-state index contributed by atoms with van der Waals surface area (Å²) >= 11 is 0. The first-order valence-corrected chi connectivity index (χ1v) is 6.78. The van der Waals surface area contributed by atoms with Crippen LogP contribution in [0.5, 0.6) is 0 Å². The second-order valence-corrected chi connectivity index (χ2v) is 6.82. The summed E-state index contributed by atoms with van der Waals surface area (Å²) in [5, 5.41) is 3.86. The summed E-state index contributed by atoms with van der Waals surface area (Å²) in [6.07, 6.45) is 5.30. The van der Waals surface area contributed by atoms with Gasteiger partial charge in [-0.1, -0.05) is 20.8 Å². The van der Waals surface area contributed by atoms with Crippen LogP contribution in [-0.2, 0) is 4.74 Å². The van der Waals surface area contributed by atoms with Crippen LogP contribution in [0, 0.1) is 10.8 Å². The molecule has 2 aliphatic rings. The zero-order valence-electron chi connectivity index (χ0n) is 11.3. The molecule has 2 heteroatoms. The standard InChI is InChI=1S/C14H27NO/c1-11(13(2,3)4)15-12-5-6-14(12)7-9-16-10-8-14/h11-12,15H,5-10H2,1-4H3. The predicted molar refractivity (Wildman–Crippen MR) is 67.6 cm³/mol. The summed E-state index contributed by atoms with van der Waals surface area (Å²) in [5.41, 5.74) is 0.944. The Kier molecular flexibility index (Phi) is 3.33. The zero-order chi connectivity index (χ0) is 11.8. The lowest BCUT2D eigenvalue weighted by Gasteiger charge is -2.54. The molecule has 2 nitrogen and oxygen atoms in total. The van der Waals surface area contributed by atoms with Gasteiger partial charge in [0, 0.05) is 25.3 Å². The minimum atomic E-state index is 0.363. The average Bonchev–Trinajstić information content (AvgIpc) is 2.24. The summed E-state index contributed by atoms with van der Waals surface area (Å²) in [5.74, 6) is 0. The first-order chi connectivity index (χ1) is 7.44. The largest absolute Gasteiger partial charge is 0.381 e. The van der Waals surface area contributed by atoms with Gasteiger partial charge in [0.2, 0.25) is 0 Å². The molecule has 1 saturated heterocycles. The molecule has 1 aliphatic heterocycles. The maximum Gasteiger partial charge on any atom is 0.0471 e. The molecule has 2 fully saturated rings. The van der Waals surface area contributed by atoms with Crippen molar-refractivity contribution in [2.45, 2.75) is 65.5 Å². The second-order valence-electron chi connectivity index (χ2n) is 6.82. The fourth-order valence-corrected chi connectivity index (χ4v) is 2.89. The third-order valence-electron chi connectivity index (χ3n) is 4.91. The van der Waals surface area contributed by atoms with Crippen molar-refractivity contribution in [3.05, 3.63) is 0 Å². The van der Waals surface area contributed by atoms with E-state index in [1.54, 1.807) is 0 Å². The third-order valence-corrected chi connectivity index (χ3v) is 4.91. The molecule has 0 aromatic rings. The van der Waals surface area contributed by atoms with E-state index in [1.807, 2.05) is 0 Å². The van der Waals surface area contributed by atoms with Crippen molar-refractivity contribution >= 4 is 0 Å². The fourth-order valence-electron chi connectivity index (χ4n) is 2.89. The summed E-state index contributed by atoms with van der Waals surface area (Å²) in [6, 6.07) is 1.34. The molecule has 16 heavy (non-hydrogen) atoms. The fraction of sp³-hybridized carbons (Fsp3) is 1.00. The lowest BCUT2D eigenvalue weighted by atomic mass is 9.59. The Bertz CT molecular complexity index is 238. The van der Waals surface area contributed by atoms with Crippen molar-refractivity contribution in [1.29, 1.82) is 0 Å². The SMILES string of the molecule is CC(NC1CCC12CCOCC2)C(C)(C)C. The van der Waals surface area contributed by atoms with Gasteiger partial charge in [-0.2, -0.15) is 0 Å². The van der Waals surface area contributed by atoms with Crippen molar-refractivity contribution < 1.29 is 4.74 Å². The molecule has 0 bridgehead atoms. The van der Waals surface area contributed by atoms with E-state index in [0.29, 0.717) is 16.9 Å². The molecule has 1 N–H and O–H groups in total. The highest BCUT2D eigenvalue weighted by molar-refractivity contribution is 5.02. The molecule has 2 atom stereocenters. The molecule has 1 aliphatic carbocycles. The van der Waals surface area contributed by atoms with Crippen molar-refractivity contribution in [3.63, 3.8) is 0 Å². The molecule has 0 amide bonds. The maximum atomic E-state index is 5.49. The van der Waals surface area contributed by atoms with Crippen LogP contribution < -0.4 is 5.32 Å². The Labute approximate surface area is 100 Å². The van der Waals surface area contributed by atoms with Crippen LogP contribution in [0.4, 0.5) is 0 Å². The summed E-state index contributed by atoms with van der Waals surface area (Å²) in [7, 11) is 0. The number of rotatable bonds is 2. The van der Waals surface area contributed by atoms with Gasteiger partial charge < -0.3 is 10.1 Å². The van der Waals surface area contributed by atoms with Crippen molar-refractivity contribution in [1.82, 2.24) is 5.32 Å². The smallest absolute Gasteiger partial charge is 0.0471 e. The minimum absolute atomic E-state index is 0.363. The van der Waals surface area contributed by atoms with E-state index in [-0.39, 0.29) is 0 Å². The molecule has 0 radical (unpaired) electrons. The van der Waals surface area contributed by atoms with Gasteiger partial charge in [-0.25, -0.2) is 0 Å². The molecule has 1 spiro atoms.